The third-order valence-corrected chi connectivity index (χ3v) is 5.58. The molecule has 1 aliphatic rings. The monoisotopic (exact) mass is 362 g/mol. The molecule has 1 aromatic heterocycles. The summed E-state index contributed by atoms with van der Waals surface area (Å²) in [4.78, 5) is 11.1. The normalized spacial score (nSPS) is 15.2. The Morgan fingerprint density at radius 1 is 1.16 bits per heavy atom. The van der Waals surface area contributed by atoms with Crippen molar-refractivity contribution in [1.29, 1.82) is 0 Å². The van der Waals surface area contributed by atoms with Gasteiger partial charge in [-0.15, -0.1) is 0 Å². The zero-order chi connectivity index (χ0) is 17.7. The summed E-state index contributed by atoms with van der Waals surface area (Å²) in [5.41, 5.74) is 0.633. The van der Waals surface area contributed by atoms with Crippen molar-refractivity contribution >= 4 is 16.0 Å². The van der Waals surface area contributed by atoms with Crippen molar-refractivity contribution in [3.05, 3.63) is 42.2 Å². The molecule has 0 amide bonds. The minimum atomic E-state index is -3.69. The van der Waals surface area contributed by atoms with Crippen LogP contribution in [0.3, 0.4) is 0 Å². The second-order valence-corrected chi connectivity index (χ2v) is 7.61. The summed E-state index contributed by atoms with van der Waals surface area (Å²) < 4.78 is 32.8. The molecule has 0 atom stereocenters. The lowest BCUT2D eigenvalue weighted by Gasteiger charge is -2.26. The topological polar surface area (TPSA) is 84.4 Å². The Bertz CT molecular complexity index is 820. The van der Waals surface area contributed by atoms with Crippen molar-refractivity contribution in [2.75, 3.05) is 25.1 Å². The number of aromatic nitrogens is 2. The summed E-state index contributed by atoms with van der Waals surface area (Å²) in [6, 6.07) is 8.25. The number of methoxy groups -OCH3 is 1. The van der Waals surface area contributed by atoms with Crippen LogP contribution in [0.15, 0.2) is 41.4 Å². The molecule has 1 N–H and O–H groups in total. The lowest BCUT2D eigenvalue weighted by Crippen LogP contribution is -2.31. The summed E-state index contributed by atoms with van der Waals surface area (Å²) in [5, 5.41) is 0. The molecule has 134 valence electrons. The van der Waals surface area contributed by atoms with E-state index in [1.807, 2.05) is 0 Å². The van der Waals surface area contributed by atoms with Crippen molar-refractivity contribution in [2.45, 2.75) is 30.7 Å². The molecule has 0 aliphatic carbocycles. The van der Waals surface area contributed by atoms with Crippen molar-refractivity contribution in [1.82, 2.24) is 14.7 Å². The zero-order valence-electron chi connectivity index (χ0n) is 14.2. The van der Waals surface area contributed by atoms with Crippen molar-refractivity contribution in [3.8, 4) is 5.75 Å². The molecule has 8 heteroatoms. The number of nitrogens with one attached hydrogen (secondary N) is 1. The van der Waals surface area contributed by atoms with Crippen LogP contribution >= 0.6 is 0 Å². The van der Waals surface area contributed by atoms with Gasteiger partial charge in [0, 0.05) is 19.3 Å². The molecule has 0 bridgehead atoms. The fourth-order valence-electron chi connectivity index (χ4n) is 2.82. The highest BCUT2D eigenvalue weighted by Gasteiger charge is 2.19. The molecule has 2 aromatic rings. The quantitative estimate of drug-likeness (QED) is 0.846. The van der Waals surface area contributed by atoms with Crippen LogP contribution in [0.2, 0.25) is 0 Å². The number of benzene rings is 1. The van der Waals surface area contributed by atoms with Gasteiger partial charge in [-0.2, -0.15) is 0 Å². The van der Waals surface area contributed by atoms with Crippen LogP contribution in [0.4, 0.5) is 5.95 Å². The van der Waals surface area contributed by atoms with Crippen LogP contribution in [-0.4, -0.2) is 38.6 Å². The van der Waals surface area contributed by atoms with Crippen molar-refractivity contribution in [2.24, 2.45) is 0 Å². The Kier molecular flexibility index (Phi) is 5.50. The van der Waals surface area contributed by atoms with Crippen LogP contribution in [0.1, 0.15) is 25.0 Å². The minimum Gasteiger partial charge on any atom is -0.495 e. The summed E-state index contributed by atoms with van der Waals surface area (Å²) >= 11 is 0. The van der Waals surface area contributed by atoms with Crippen LogP contribution < -0.4 is 14.4 Å². The Labute approximate surface area is 148 Å². The highest BCUT2D eigenvalue weighted by atomic mass is 32.2. The first-order chi connectivity index (χ1) is 12.1. The molecule has 1 fully saturated rings. The van der Waals surface area contributed by atoms with Gasteiger partial charge in [0.25, 0.3) is 0 Å². The van der Waals surface area contributed by atoms with E-state index in [0.29, 0.717) is 17.4 Å². The number of rotatable bonds is 6. The van der Waals surface area contributed by atoms with Gasteiger partial charge >= 0.3 is 0 Å². The van der Waals surface area contributed by atoms with Gasteiger partial charge in [0.2, 0.25) is 16.0 Å². The second kappa shape index (κ2) is 7.79. The first-order valence-electron chi connectivity index (χ1n) is 8.30. The van der Waals surface area contributed by atoms with E-state index < -0.39 is 10.0 Å². The molecule has 7 nitrogen and oxygen atoms in total. The first kappa shape index (κ1) is 17.6. The smallest absolute Gasteiger partial charge is 0.244 e. The highest BCUT2D eigenvalue weighted by molar-refractivity contribution is 7.89. The summed E-state index contributed by atoms with van der Waals surface area (Å²) in [5.74, 6) is 0.973. The van der Waals surface area contributed by atoms with Gasteiger partial charge in [-0.05, 0) is 37.5 Å². The number of anilines is 1. The molecule has 0 saturated carbocycles. The van der Waals surface area contributed by atoms with Crippen LogP contribution in [0.25, 0.3) is 0 Å². The van der Waals surface area contributed by atoms with Crippen LogP contribution in [-0.2, 0) is 16.6 Å². The van der Waals surface area contributed by atoms with Gasteiger partial charge in [0.05, 0.1) is 19.3 Å². The van der Waals surface area contributed by atoms with E-state index in [9.17, 15) is 8.42 Å². The SMILES string of the molecule is COc1ccccc1S(=O)(=O)NCc1ccnc(N2CCCCC2)n1. The average Bonchev–Trinajstić information content (AvgIpc) is 2.67. The van der Waals surface area contributed by atoms with Gasteiger partial charge in [-0.25, -0.2) is 23.1 Å². The van der Waals surface area contributed by atoms with E-state index in [1.165, 1.54) is 19.6 Å². The van der Waals surface area contributed by atoms with Gasteiger partial charge in [-0.3, -0.25) is 0 Å². The molecule has 3 rings (SSSR count). The molecule has 2 heterocycles. The van der Waals surface area contributed by atoms with Gasteiger partial charge in [0.15, 0.2) is 0 Å². The number of sulfonamides is 1. The minimum absolute atomic E-state index is 0.101. The molecule has 1 saturated heterocycles. The molecule has 1 aliphatic heterocycles. The maximum Gasteiger partial charge on any atom is 0.244 e. The Balaban J connectivity index is 1.72. The number of para-hydroxylation sites is 1. The molecule has 0 spiro atoms. The Hall–Kier alpha value is -2.19. The molecule has 0 radical (unpaired) electrons. The fraction of sp³-hybridized carbons (Fsp3) is 0.412. The van der Waals surface area contributed by atoms with E-state index >= 15 is 0 Å². The van der Waals surface area contributed by atoms with E-state index in [4.69, 9.17) is 4.74 Å². The van der Waals surface area contributed by atoms with Crippen LogP contribution in [0, 0.1) is 0 Å². The number of piperidine rings is 1. The van der Waals surface area contributed by atoms with E-state index in [2.05, 4.69) is 19.6 Å². The third kappa shape index (κ3) is 4.26. The maximum absolute atomic E-state index is 12.5. The van der Waals surface area contributed by atoms with E-state index in [1.54, 1.807) is 30.5 Å². The Morgan fingerprint density at radius 2 is 1.92 bits per heavy atom. The molecular formula is C17H22N4O3S. The zero-order valence-corrected chi connectivity index (χ0v) is 15.0. The predicted octanol–water partition coefficient (Wildman–Crippen LogP) is 1.95. The van der Waals surface area contributed by atoms with E-state index in [0.717, 1.165) is 25.9 Å². The number of hydrogen-bond donors (Lipinski definition) is 1. The number of nitrogens with zero attached hydrogens (tertiary/aromatic N) is 3. The molecular weight excluding hydrogens is 340 g/mol. The molecule has 1 aromatic carbocycles. The number of hydrogen-bond acceptors (Lipinski definition) is 6. The van der Waals surface area contributed by atoms with Gasteiger partial charge in [0.1, 0.15) is 10.6 Å². The fourth-order valence-corrected chi connectivity index (χ4v) is 3.98. The van der Waals surface area contributed by atoms with Crippen LogP contribution in [0.5, 0.6) is 5.75 Å². The maximum atomic E-state index is 12.5. The number of ether oxygens (including phenoxy) is 1. The standard InChI is InChI=1S/C17H22N4O3S/c1-24-15-7-3-4-8-16(15)25(22,23)19-13-14-9-10-18-17(20-14)21-11-5-2-6-12-21/h3-4,7-10,19H,2,5-6,11-13H2,1H3. The van der Waals surface area contributed by atoms with Gasteiger partial charge < -0.3 is 9.64 Å². The lowest BCUT2D eigenvalue weighted by molar-refractivity contribution is 0.402. The summed E-state index contributed by atoms with van der Waals surface area (Å²) in [7, 11) is -2.24. The third-order valence-electron chi connectivity index (χ3n) is 4.14. The average molecular weight is 362 g/mol. The molecule has 25 heavy (non-hydrogen) atoms. The summed E-state index contributed by atoms with van der Waals surface area (Å²) in [6.45, 7) is 1.98. The lowest BCUT2D eigenvalue weighted by atomic mass is 10.1. The highest BCUT2D eigenvalue weighted by Crippen LogP contribution is 2.22. The predicted molar refractivity (Wildman–Crippen MR) is 95.1 cm³/mol. The first-order valence-corrected chi connectivity index (χ1v) is 9.78. The summed E-state index contributed by atoms with van der Waals surface area (Å²) in [6.07, 6.45) is 5.17. The molecule has 0 unspecified atom stereocenters. The Morgan fingerprint density at radius 3 is 2.68 bits per heavy atom. The van der Waals surface area contributed by atoms with E-state index in [-0.39, 0.29) is 11.4 Å². The van der Waals surface area contributed by atoms with Crippen molar-refractivity contribution in [3.63, 3.8) is 0 Å². The van der Waals surface area contributed by atoms with Gasteiger partial charge in [-0.1, -0.05) is 12.1 Å². The largest absolute Gasteiger partial charge is 0.495 e. The second-order valence-electron chi connectivity index (χ2n) is 5.87. The van der Waals surface area contributed by atoms with Crippen molar-refractivity contribution < 1.29 is 13.2 Å².